The van der Waals surface area contributed by atoms with E-state index in [9.17, 15) is 102 Å². The minimum Gasteiger partial charge on any atom is -0.432 e. The third-order valence-electron chi connectivity index (χ3n) is 21.2. The maximum atomic E-state index is 15.3. The summed E-state index contributed by atoms with van der Waals surface area (Å²) in [4.78, 5) is 15.3. The Morgan fingerprint density at radius 3 is 1.28 bits per heavy atom. The van der Waals surface area contributed by atoms with Crippen molar-refractivity contribution >= 4 is 5.97 Å². The average molecular weight is 1290 g/mol. The summed E-state index contributed by atoms with van der Waals surface area (Å²) >= 11 is 0. The highest BCUT2D eigenvalue weighted by molar-refractivity contribution is 5.77. The van der Waals surface area contributed by atoms with E-state index in [2.05, 4.69) is 13.0 Å². The molecule has 33 heteroatoms. The highest BCUT2D eigenvalue weighted by Crippen LogP contribution is 2.72. The van der Waals surface area contributed by atoms with E-state index < -0.39 is 258 Å². The molecular weight excluding hydrogens is 1200 g/mol. The van der Waals surface area contributed by atoms with E-state index in [0.29, 0.717) is 38.5 Å². The van der Waals surface area contributed by atoms with E-state index in [4.69, 9.17) is 56.8 Å². The molecule has 6 unspecified atom stereocenters. The number of carbonyl (C=O) groups is 1. The fraction of sp³-hybridized carbons (Fsp3) is 0.946. The predicted octanol–water partition coefficient (Wildman–Crippen LogP) is -9.47. The third-order valence-corrected chi connectivity index (χ3v) is 21.2. The van der Waals surface area contributed by atoms with Crippen LogP contribution < -0.4 is 0 Å². The van der Waals surface area contributed by atoms with Crippen molar-refractivity contribution in [3.05, 3.63) is 11.6 Å². The van der Waals surface area contributed by atoms with E-state index in [1.54, 1.807) is 6.92 Å². The monoisotopic (exact) mass is 1290 g/mol. The lowest BCUT2D eigenvalue weighted by atomic mass is 9.40. The summed E-state index contributed by atoms with van der Waals surface area (Å²) in [5.74, 6) is -1.41. The first-order chi connectivity index (χ1) is 42.1. The second kappa shape index (κ2) is 27.2. The van der Waals surface area contributed by atoms with E-state index >= 15 is 4.79 Å². The van der Waals surface area contributed by atoms with Crippen molar-refractivity contribution in [3.63, 3.8) is 0 Å². The minimum atomic E-state index is -2.09. The molecule has 0 aromatic rings. The fourth-order valence-electron chi connectivity index (χ4n) is 16.3. The van der Waals surface area contributed by atoms with Gasteiger partial charge >= 0.3 is 5.97 Å². The first kappa shape index (κ1) is 69.8. The Labute approximate surface area is 509 Å². The molecule has 0 aromatic carbocycles. The maximum Gasteiger partial charge on any atom is 0.314 e. The van der Waals surface area contributed by atoms with E-state index in [1.807, 2.05) is 6.92 Å². The lowest BCUT2D eigenvalue weighted by Crippen LogP contribution is -2.68. The van der Waals surface area contributed by atoms with Crippen molar-refractivity contribution < 1.29 is 164 Å². The van der Waals surface area contributed by atoms with Crippen LogP contribution in [-0.4, -0.2) is 338 Å². The molecule has 10 aliphatic rings. The van der Waals surface area contributed by atoms with Crippen molar-refractivity contribution in [2.75, 3.05) is 39.6 Å². The smallest absolute Gasteiger partial charge is 0.314 e. The zero-order valence-corrected chi connectivity index (χ0v) is 49.2. The van der Waals surface area contributed by atoms with Crippen LogP contribution in [0.4, 0.5) is 0 Å². The molecule has 0 aromatic heterocycles. The molecule has 36 atom stereocenters. The Kier molecular flexibility index (Phi) is 21.4. The molecule has 89 heavy (non-hydrogen) atoms. The maximum absolute atomic E-state index is 15.3. The zero-order chi connectivity index (χ0) is 64.7. The number of hydrogen-bond acceptors (Lipinski definition) is 33. The van der Waals surface area contributed by atoms with Gasteiger partial charge in [0.25, 0.3) is 0 Å². The van der Waals surface area contributed by atoms with Gasteiger partial charge < -0.3 is 159 Å². The van der Waals surface area contributed by atoms with Crippen molar-refractivity contribution in [3.8, 4) is 0 Å². The number of fused-ring (bicyclic) bond motifs is 3. The summed E-state index contributed by atoms with van der Waals surface area (Å²) in [6.07, 6.45) is -49.5. The fourth-order valence-corrected chi connectivity index (χ4v) is 16.3. The molecule has 0 radical (unpaired) electrons. The number of esters is 1. The molecule has 6 heterocycles. The van der Waals surface area contributed by atoms with Gasteiger partial charge in [0.15, 0.2) is 37.6 Å². The average Bonchev–Trinajstić information content (AvgIpc) is 1.63. The summed E-state index contributed by atoms with van der Waals surface area (Å²) < 4.78 is 72.6. The molecule has 6 saturated heterocycles. The molecule has 1 spiro atoms. The summed E-state index contributed by atoms with van der Waals surface area (Å²) in [5.41, 5.74) is -3.07. The Balaban J connectivity index is 0.908. The lowest BCUT2D eigenvalue weighted by molar-refractivity contribution is -0.400. The number of hydrogen-bond donors (Lipinski definition) is 20. The minimum absolute atomic E-state index is 0.160. The van der Waals surface area contributed by atoms with Crippen LogP contribution in [0.2, 0.25) is 0 Å². The van der Waals surface area contributed by atoms with Crippen LogP contribution in [0.5, 0.6) is 0 Å². The molecule has 9 fully saturated rings. The molecule has 6 aliphatic heterocycles. The van der Waals surface area contributed by atoms with Crippen molar-refractivity contribution in [2.24, 2.45) is 28.1 Å². The Hall–Kier alpha value is -2.03. The molecule has 20 N–H and O–H groups in total. The highest BCUT2D eigenvalue weighted by Gasteiger charge is 2.69. The number of carbonyl (C=O) groups excluding carboxylic acids is 1. The van der Waals surface area contributed by atoms with E-state index in [0.717, 1.165) is 5.57 Å². The first-order valence-corrected chi connectivity index (χ1v) is 30.4. The molecule has 3 saturated carbocycles. The normalized spacial score (nSPS) is 54.4. The van der Waals surface area contributed by atoms with Gasteiger partial charge in [-0.25, -0.2) is 0 Å². The van der Waals surface area contributed by atoms with Crippen molar-refractivity contribution in [2.45, 2.75) is 262 Å². The van der Waals surface area contributed by atoms with Crippen molar-refractivity contribution in [1.29, 1.82) is 0 Å². The van der Waals surface area contributed by atoms with E-state index in [-0.39, 0.29) is 18.8 Å². The van der Waals surface area contributed by atoms with Gasteiger partial charge in [-0.2, -0.15) is 0 Å². The van der Waals surface area contributed by atoms with Crippen LogP contribution in [-0.2, 0) is 61.6 Å². The number of rotatable bonds is 18. The summed E-state index contributed by atoms with van der Waals surface area (Å²) in [5, 5.41) is 215. The second-order valence-electron chi connectivity index (χ2n) is 26.3. The van der Waals surface area contributed by atoms with Gasteiger partial charge in [-0.15, -0.1) is 0 Å². The molecule has 10 rings (SSSR count). The van der Waals surface area contributed by atoms with Gasteiger partial charge in [0.2, 0.25) is 6.29 Å². The largest absolute Gasteiger partial charge is 0.432 e. The van der Waals surface area contributed by atoms with Gasteiger partial charge in [0, 0.05) is 0 Å². The van der Waals surface area contributed by atoms with Crippen LogP contribution in [0, 0.1) is 28.1 Å². The van der Waals surface area contributed by atoms with Crippen LogP contribution in [0.3, 0.4) is 0 Å². The third kappa shape index (κ3) is 12.3. The predicted molar refractivity (Wildman–Crippen MR) is 284 cm³/mol. The number of allylic oxidation sites excluding steroid dienone is 1. The van der Waals surface area contributed by atoms with Gasteiger partial charge in [0.1, 0.15) is 140 Å². The SMILES string of the molecule is CC1=CC23CCC4C(C)(C(=O)O[C@@H]5O[C@H](CO)[C@@H](O[C@@H]6O[C@H](CO)[C@@H](O)[C@H](O)[C@H]6O)[C@H](O)[C@H]5O[C@@H]5O[C@H](CO)[C@@H](O)[C@H](O)[C@H]5O)CCCC4(C)C2CCC1(O[C@@H]1O[C@H](CO)[C@@H](O)[C@H](O[C@@H]2O[C@H](CO)[C@@H](O)[C@H](O)[C@H]2O)[C@H]1O[C@@H]1O[C@H](CO)[C@@H](O)[C@H](O)[C@H]1O)C3. The first-order valence-electron chi connectivity index (χ1n) is 30.4. The number of aliphatic hydroxyl groups excluding tert-OH is 20. The number of ether oxygens (including phenoxy) is 12. The van der Waals surface area contributed by atoms with Gasteiger partial charge in [-0.1, -0.05) is 19.4 Å². The Morgan fingerprint density at radius 1 is 0.427 bits per heavy atom. The van der Waals surface area contributed by atoms with Gasteiger partial charge in [-0.05, 0) is 87.0 Å². The number of aliphatic hydroxyl groups is 20. The molecule has 33 nitrogen and oxygen atoms in total. The standard InChI is InChI=1S/C56H90O33/c1-19-11-55-9-5-26-53(2,7-4-8-54(26,3)52(77)88-50-44(86-48-39(74)35(70)30(65)22(14-59)80-48)41(76)42(25(17-62)83-50)84-46-37(72)33(68)28(63)20(12-57)78-46)27(55)6-10-56(19,18-55)89-51-45(87-49-40(75)36(71)31(66)23(15-60)81-49)43(32(67)24(16-61)82-51)85-47-38(73)34(69)29(64)21(13-58)79-47/h11,20-51,57-76H,4-10,12-18H2,1-3H3/t20-,21-,22-,23-,24-,25-,26?,27?,28-,29-,30-,31-,32-,33+,34+,35+,36+,37-,38-,39-,40-,41+,42-,43+,44-,45-,46+,47+,48+,49+,50+,51+,53?,54?,55?,56?/m1/s1. The topological polar surface area (TPSA) is 532 Å². The molecular formula is C56H90O33. The molecule has 2 bridgehead atoms. The quantitative estimate of drug-likeness (QED) is 0.0344. The van der Waals surface area contributed by atoms with Crippen LogP contribution in [0.15, 0.2) is 11.6 Å². The molecule has 4 aliphatic carbocycles. The van der Waals surface area contributed by atoms with Crippen molar-refractivity contribution in [1.82, 2.24) is 0 Å². The van der Waals surface area contributed by atoms with Crippen LogP contribution in [0.25, 0.3) is 0 Å². The summed E-state index contributed by atoms with van der Waals surface area (Å²) in [6, 6.07) is 0. The highest BCUT2D eigenvalue weighted by atomic mass is 16.8. The summed E-state index contributed by atoms with van der Waals surface area (Å²) in [7, 11) is 0. The zero-order valence-electron chi connectivity index (χ0n) is 49.2. The molecule has 512 valence electrons. The lowest BCUT2D eigenvalue weighted by Gasteiger charge is -2.64. The van der Waals surface area contributed by atoms with Crippen LogP contribution >= 0.6 is 0 Å². The summed E-state index contributed by atoms with van der Waals surface area (Å²) in [6.45, 7) is 0.430. The molecule has 0 amide bonds. The van der Waals surface area contributed by atoms with Gasteiger partial charge in [0.05, 0.1) is 50.7 Å². The Morgan fingerprint density at radius 2 is 0.820 bits per heavy atom. The van der Waals surface area contributed by atoms with Gasteiger partial charge in [-0.3, -0.25) is 4.79 Å². The Bertz CT molecular complexity index is 2410. The van der Waals surface area contributed by atoms with Crippen LogP contribution in [0.1, 0.15) is 72.1 Å². The van der Waals surface area contributed by atoms with E-state index in [1.165, 1.54) is 0 Å². The second-order valence-corrected chi connectivity index (χ2v) is 26.3.